The molecule has 174 valence electrons. The maximum absolute atomic E-state index is 12.3. The van der Waals surface area contributed by atoms with E-state index in [4.69, 9.17) is 5.73 Å². The average Bonchev–Trinajstić information content (AvgIpc) is 3.28. The van der Waals surface area contributed by atoms with Gasteiger partial charge in [-0.15, -0.1) is 0 Å². The van der Waals surface area contributed by atoms with Gasteiger partial charge in [-0.05, 0) is 50.6 Å². The van der Waals surface area contributed by atoms with Crippen molar-refractivity contribution in [2.24, 2.45) is 11.1 Å². The Kier molecular flexibility index (Phi) is 5.66. The van der Waals surface area contributed by atoms with Crippen LogP contribution in [0.1, 0.15) is 50.9 Å². The molecule has 2 aromatic heterocycles. The van der Waals surface area contributed by atoms with Crippen LogP contribution in [0.5, 0.6) is 0 Å². The van der Waals surface area contributed by atoms with Crippen LogP contribution in [-0.4, -0.2) is 40.1 Å². The van der Waals surface area contributed by atoms with E-state index in [0.717, 1.165) is 35.2 Å². The van der Waals surface area contributed by atoms with Gasteiger partial charge >= 0.3 is 0 Å². The molecule has 0 spiro atoms. The van der Waals surface area contributed by atoms with Crippen molar-refractivity contribution < 1.29 is 9.59 Å². The first-order valence-corrected chi connectivity index (χ1v) is 11.2. The monoisotopic (exact) mass is 448 g/mol. The lowest BCUT2D eigenvalue weighted by molar-refractivity contribution is -0.114. The fourth-order valence-corrected chi connectivity index (χ4v) is 4.91. The molecule has 1 saturated carbocycles. The molecular weight excluding hydrogens is 416 g/mol. The number of amides is 2. The Balaban J connectivity index is 1.78. The number of hydrogen-bond acceptors (Lipinski definition) is 5. The Labute approximate surface area is 193 Å². The second-order valence-electron chi connectivity index (χ2n) is 9.66. The summed E-state index contributed by atoms with van der Waals surface area (Å²) in [5, 5.41) is 14.4. The Morgan fingerprint density at radius 1 is 1.18 bits per heavy atom. The van der Waals surface area contributed by atoms with E-state index in [0.29, 0.717) is 11.3 Å². The van der Waals surface area contributed by atoms with E-state index in [1.807, 2.05) is 43.6 Å². The van der Waals surface area contributed by atoms with Gasteiger partial charge < -0.3 is 21.7 Å². The number of nitrogens with two attached hydrogens (primary N) is 1. The fraction of sp³-hybridized carbons (Fsp3) is 0.400. The molecule has 1 unspecified atom stereocenters. The first-order chi connectivity index (χ1) is 15.6. The highest BCUT2D eigenvalue weighted by Gasteiger charge is 2.51. The molecule has 0 aliphatic heterocycles. The van der Waals surface area contributed by atoms with Crippen LogP contribution in [0.3, 0.4) is 0 Å². The summed E-state index contributed by atoms with van der Waals surface area (Å²) in [6.45, 7) is 8.21. The summed E-state index contributed by atoms with van der Waals surface area (Å²) in [7, 11) is 2.00. The number of anilines is 2. The molecule has 5 N–H and O–H groups in total. The van der Waals surface area contributed by atoms with E-state index < -0.39 is 5.91 Å². The molecule has 33 heavy (non-hydrogen) atoms. The molecule has 0 bridgehead atoms. The molecule has 1 aliphatic rings. The molecule has 4 rings (SSSR count). The van der Waals surface area contributed by atoms with Crippen molar-refractivity contribution in [3.63, 3.8) is 0 Å². The number of nitrogens with zero attached hydrogens (tertiary/aromatic N) is 2. The number of carbonyl (C=O) groups excluding carboxylic acids is 2. The topological polar surface area (TPSA) is 114 Å². The molecule has 2 amide bonds. The summed E-state index contributed by atoms with van der Waals surface area (Å²) < 4.78 is 1.76. The van der Waals surface area contributed by atoms with Gasteiger partial charge in [0.2, 0.25) is 5.91 Å². The van der Waals surface area contributed by atoms with Crippen molar-refractivity contribution in [3.8, 4) is 11.1 Å². The van der Waals surface area contributed by atoms with Gasteiger partial charge in [0.15, 0.2) is 0 Å². The van der Waals surface area contributed by atoms with E-state index in [-0.39, 0.29) is 22.9 Å². The Hall–Kier alpha value is -3.39. The van der Waals surface area contributed by atoms with Crippen molar-refractivity contribution in [2.45, 2.75) is 52.1 Å². The lowest BCUT2D eigenvalue weighted by Crippen LogP contribution is -2.53. The van der Waals surface area contributed by atoms with Crippen molar-refractivity contribution in [2.75, 3.05) is 17.7 Å². The second-order valence-corrected chi connectivity index (χ2v) is 9.66. The number of primary amides is 1. The van der Waals surface area contributed by atoms with E-state index in [2.05, 4.69) is 41.8 Å². The van der Waals surface area contributed by atoms with Gasteiger partial charge in [0.25, 0.3) is 5.91 Å². The number of aromatic nitrogens is 2. The molecule has 2 heterocycles. The van der Waals surface area contributed by atoms with Gasteiger partial charge in [-0.2, -0.15) is 5.10 Å². The van der Waals surface area contributed by atoms with Gasteiger partial charge in [-0.1, -0.05) is 26.0 Å². The first kappa shape index (κ1) is 22.8. The van der Waals surface area contributed by atoms with Crippen LogP contribution in [0.15, 0.2) is 42.7 Å². The average molecular weight is 449 g/mol. The maximum Gasteiger partial charge on any atom is 0.252 e. The molecule has 3 aromatic rings. The highest BCUT2D eigenvalue weighted by molar-refractivity contribution is 6.02. The smallest absolute Gasteiger partial charge is 0.252 e. The number of benzene rings is 1. The van der Waals surface area contributed by atoms with Crippen LogP contribution in [-0.2, 0) is 4.79 Å². The fourth-order valence-electron chi connectivity index (χ4n) is 4.91. The molecule has 0 radical (unpaired) electrons. The van der Waals surface area contributed by atoms with Crippen LogP contribution in [0.4, 0.5) is 11.4 Å². The molecular formula is C25H32N6O2. The minimum Gasteiger partial charge on any atom is -0.379 e. The molecule has 1 aliphatic carbocycles. The number of fused-ring (bicyclic) bond motifs is 1. The van der Waals surface area contributed by atoms with Gasteiger partial charge in [0, 0.05) is 41.4 Å². The normalized spacial score (nSPS) is 21.8. The zero-order valence-electron chi connectivity index (χ0n) is 19.8. The van der Waals surface area contributed by atoms with E-state index in [1.54, 1.807) is 4.52 Å². The van der Waals surface area contributed by atoms with E-state index >= 15 is 0 Å². The van der Waals surface area contributed by atoms with Crippen LogP contribution in [0.2, 0.25) is 0 Å². The predicted octanol–water partition coefficient (Wildman–Crippen LogP) is 3.64. The third-order valence-electron chi connectivity index (χ3n) is 7.52. The number of rotatable bonds is 6. The molecule has 2 atom stereocenters. The summed E-state index contributed by atoms with van der Waals surface area (Å²) in [4.78, 5) is 23.7. The Bertz CT molecular complexity index is 1230. The first-order valence-electron chi connectivity index (χ1n) is 11.2. The van der Waals surface area contributed by atoms with Gasteiger partial charge in [0.1, 0.15) is 0 Å². The van der Waals surface area contributed by atoms with Crippen molar-refractivity contribution in [1.82, 2.24) is 14.9 Å². The van der Waals surface area contributed by atoms with Crippen LogP contribution in [0, 0.1) is 5.41 Å². The third-order valence-corrected chi connectivity index (χ3v) is 7.52. The van der Waals surface area contributed by atoms with Crippen molar-refractivity contribution in [1.29, 1.82) is 0 Å². The Morgan fingerprint density at radius 2 is 1.94 bits per heavy atom. The minimum absolute atomic E-state index is 0.0296. The van der Waals surface area contributed by atoms with E-state index in [1.165, 1.54) is 13.1 Å². The largest absolute Gasteiger partial charge is 0.379 e. The summed E-state index contributed by atoms with van der Waals surface area (Å²) in [6.07, 6.45) is 5.41. The Morgan fingerprint density at radius 3 is 2.58 bits per heavy atom. The summed E-state index contributed by atoms with van der Waals surface area (Å²) in [5.74, 6) is -0.642. The van der Waals surface area contributed by atoms with Gasteiger partial charge in [-0.25, -0.2) is 4.52 Å². The zero-order chi connectivity index (χ0) is 24.0. The number of carbonyl (C=O) groups is 2. The highest BCUT2D eigenvalue weighted by Crippen LogP contribution is 2.47. The lowest BCUT2D eigenvalue weighted by atomic mass is 9.74. The highest BCUT2D eigenvalue weighted by atomic mass is 16.1. The van der Waals surface area contributed by atoms with Gasteiger partial charge in [0.05, 0.1) is 23.0 Å². The third kappa shape index (κ3) is 3.95. The molecule has 0 saturated heterocycles. The SMILES string of the molecule is CNC1(C)CC[C@@H](Nc2c(C(N)=O)cnn3cc(-c4cccc(NC(C)=O)c4)cc23)C1(C)C. The van der Waals surface area contributed by atoms with Crippen molar-refractivity contribution >= 4 is 28.7 Å². The van der Waals surface area contributed by atoms with Crippen LogP contribution in [0.25, 0.3) is 16.6 Å². The zero-order valence-corrected chi connectivity index (χ0v) is 19.8. The van der Waals surface area contributed by atoms with Crippen LogP contribution >= 0.6 is 0 Å². The lowest BCUT2D eigenvalue weighted by Gasteiger charge is -2.42. The predicted molar refractivity (Wildman–Crippen MR) is 131 cm³/mol. The van der Waals surface area contributed by atoms with Gasteiger partial charge in [-0.3, -0.25) is 9.59 Å². The second kappa shape index (κ2) is 8.19. The number of hydrogen-bond donors (Lipinski definition) is 4. The van der Waals surface area contributed by atoms with E-state index in [9.17, 15) is 9.59 Å². The summed E-state index contributed by atoms with van der Waals surface area (Å²) in [5.41, 5.74) is 10.0. The summed E-state index contributed by atoms with van der Waals surface area (Å²) >= 11 is 0. The molecule has 1 fully saturated rings. The molecule has 8 heteroatoms. The quantitative estimate of drug-likeness (QED) is 0.460. The van der Waals surface area contributed by atoms with Crippen molar-refractivity contribution in [3.05, 3.63) is 48.3 Å². The summed E-state index contributed by atoms with van der Waals surface area (Å²) in [6, 6.07) is 9.76. The number of nitrogens with one attached hydrogen (secondary N) is 3. The maximum atomic E-state index is 12.3. The van der Waals surface area contributed by atoms with Crippen LogP contribution < -0.4 is 21.7 Å². The minimum atomic E-state index is -0.518. The molecule has 8 nitrogen and oxygen atoms in total. The molecule has 1 aromatic carbocycles. The standard InChI is InChI=1S/C25H32N6O2/c1-15(32)29-18-8-6-7-16(11-18)17-12-20-22(19(23(26)33)13-28-31(20)14-17)30-21-9-10-25(4,27-5)24(21,2)3/h6-8,11-14,21,27,30H,9-10H2,1-5H3,(H2,26,33)(H,29,32)/t21-,25?/m1/s1.